The molecule has 0 bridgehead atoms. The third-order valence-corrected chi connectivity index (χ3v) is 5.07. The Hall–Kier alpha value is -3.91. The van der Waals surface area contributed by atoms with E-state index < -0.39 is 11.8 Å². The van der Waals surface area contributed by atoms with E-state index in [2.05, 4.69) is 23.1 Å². The molecule has 0 aliphatic heterocycles. The third-order valence-electron chi connectivity index (χ3n) is 4.87. The molecule has 0 saturated carbocycles. The maximum atomic E-state index is 12.7. The van der Waals surface area contributed by atoms with Crippen molar-refractivity contribution < 1.29 is 19.1 Å². The van der Waals surface area contributed by atoms with Gasteiger partial charge in [-0.25, -0.2) is 0 Å². The largest absolute Gasteiger partial charge is 0.492 e. The molecule has 0 aliphatic rings. The summed E-state index contributed by atoms with van der Waals surface area (Å²) in [6.07, 6.45) is 1.64. The van der Waals surface area contributed by atoms with Crippen LogP contribution in [-0.4, -0.2) is 30.1 Å². The zero-order valence-electron chi connectivity index (χ0n) is 18.9. The predicted octanol–water partition coefficient (Wildman–Crippen LogP) is 3.59. The molecule has 0 heterocycles. The second-order valence-electron chi connectivity index (χ2n) is 7.32. The maximum absolute atomic E-state index is 12.7. The van der Waals surface area contributed by atoms with Crippen LogP contribution in [0.3, 0.4) is 0 Å². The van der Waals surface area contributed by atoms with Crippen molar-refractivity contribution in [3.8, 4) is 11.5 Å². The summed E-state index contributed by atoms with van der Waals surface area (Å²) in [7, 11) is 0. The SMILES string of the molecule is CCc1ccc(OCC(=O)NNC(=S)NC(=O)c2ccccc2OCCc2ccccc2)cc1. The van der Waals surface area contributed by atoms with Gasteiger partial charge in [0, 0.05) is 6.42 Å². The Kier molecular flexibility index (Phi) is 9.42. The number of hydrogen-bond acceptors (Lipinski definition) is 5. The van der Waals surface area contributed by atoms with Gasteiger partial charge in [0.05, 0.1) is 12.2 Å². The minimum atomic E-state index is -0.450. The summed E-state index contributed by atoms with van der Waals surface area (Å²) in [6.45, 7) is 2.29. The van der Waals surface area contributed by atoms with Crippen LogP contribution in [0, 0.1) is 0 Å². The normalized spacial score (nSPS) is 10.1. The minimum absolute atomic E-state index is 0.0512. The number of hydrogen-bond donors (Lipinski definition) is 3. The number of thiocarbonyl (C=S) groups is 1. The molecule has 0 spiro atoms. The molecule has 0 atom stereocenters. The van der Waals surface area contributed by atoms with Crippen molar-refractivity contribution >= 4 is 29.1 Å². The zero-order chi connectivity index (χ0) is 24.2. The highest BCUT2D eigenvalue weighted by Crippen LogP contribution is 2.18. The van der Waals surface area contributed by atoms with Gasteiger partial charge in [0.2, 0.25) is 0 Å². The summed E-state index contributed by atoms with van der Waals surface area (Å²) in [6, 6.07) is 24.4. The Bertz CT molecular complexity index is 1100. The van der Waals surface area contributed by atoms with E-state index in [0.29, 0.717) is 30.1 Å². The fourth-order valence-corrected chi connectivity index (χ4v) is 3.18. The van der Waals surface area contributed by atoms with Crippen LogP contribution in [-0.2, 0) is 17.6 Å². The number of carbonyl (C=O) groups is 2. The molecule has 3 N–H and O–H groups in total. The van der Waals surface area contributed by atoms with Crippen LogP contribution in [0.4, 0.5) is 0 Å². The van der Waals surface area contributed by atoms with Gasteiger partial charge in [0.25, 0.3) is 11.8 Å². The molecule has 0 aliphatic carbocycles. The van der Waals surface area contributed by atoms with E-state index in [0.717, 1.165) is 12.0 Å². The number of aryl methyl sites for hydroxylation is 1. The Morgan fingerprint density at radius 3 is 2.26 bits per heavy atom. The van der Waals surface area contributed by atoms with Gasteiger partial charge in [0.1, 0.15) is 11.5 Å². The molecule has 2 amide bonds. The summed E-state index contributed by atoms with van der Waals surface area (Å²) in [4.78, 5) is 24.7. The topological polar surface area (TPSA) is 88.7 Å². The number of amides is 2. The number of nitrogens with one attached hydrogen (secondary N) is 3. The average Bonchev–Trinajstić information content (AvgIpc) is 2.87. The second-order valence-corrected chi connectivity index (χ2v) is 7.73. The zero-order valence-corrected chi connectivity index (χ0v) is 19.7. The van der Waals surface area contributed by atoms with Crippen molar-refractivity contribution in [3.63, 3.8) is 0 Å². The lowest BCUT2D eigenvalue weighted by Crippen LogP contribution is -2.49. The van der Waals surface area contributed by atoms with Crippen molar-refractivity contribution in [2.75, 3.05) is 13.2 Å². The lowest BCUT2D eigenvalue weighted by atomic mass is 10.1. The van der Waals surface area contributed by atoms with E-state index in [1.807, 2.05) is 54.6 Å². The summed E-state index contributed by atoms with van der Waals surface area (Å²) in [5.74, 6) is 0.146. The highest BCUT2D eigenvalue weighted by atomic mass is 32.1. The molecule has 3 rings (SSSR count). The van der Waals surface area contributed by atoms with Gasteiger partial charge in [0.15, 0.2) is 11.7 Å². The molecule has 8 heteroatoms. The van der Waals surface area contributed by atoms with Crippen molar-refractivity contribution in [2.45, 2.75) is 19.8 Å². The second kappa shape index (κ2) is 13.0. The molecule has 3 aromatic rings. The lowest BCUT2D eigenvalue weighted by Gasteiger charge is -2.14. The maximum Gasteiger partial charge on any atom is 0.276 e. The molecule has 0 unspecified atom stereocenters. The number of ether oxygens (including phenoxy) is 2. The number of benzene rings is 3. The lowest BCUT2D eigenvalue weighted by molar-refractivity contribution is -0.123. The molecule has 0 saturated heterocycles. The molecule has 3 aromatic carbocycles. The molecule has 34 heavy (non-hydrogen) atoms. The standard InChI is InChI=1S/C26H27N3O4S/c1-2-19-12-14-21(15-13-19)33-18-24(30)28-29-26(34)27-25(31)22-10-6-7-11-23(22)32-17-16-20-8-4-3-5-9-20/h3-15H,2,16-18H2,1H3,(H,28,30)(H2,27,29,31,34). The first kappa shape index (κ1) is 24.7. The first-order chi connectivity index (χ1) is 16.5. The van der Waals surface area contributed by atoms with Gasteiger partial charge in [-0.05, 0) is 54.0 Å². The monoisotopic (exact) mass is 477 g/mol. The number of carbonyl (C=O) groups excluding carboxylic acids is 2. The molecule has 7 nitrogen and oxygen atoms in total. The van der Waals surface area contributed by atoms with Crippen LogP contribution in [0.2, 0.25) is 0 Å². The fourth-order valence-electron chi connectivity index (χ4n) is 3.04. The van der Waals surface area contributed by atoms with Gasteiger partial charge in [-0.15, -0.1) is 0 Å². The summed E-state index contributed by atoms with van der Waals surface area (Å²) in [5.41, 5.74) is 7.57. The van der Waals surface area contributed by atoms with Crippen molar-refractivity contribution in [2.24, 2.45) is 0 Å². The van der Waals surface area contributed by atoms with E-state index in [4.69, 9.17) is 21.7 Å². The number of hydrazine groups is 1. The first-order valence-electron chi connectivity index (χ1n) is 10.9. The van der Waals surface area contributed by atoms with Gasteiger partial charge in [-0.3, -0.25) is 25.8 Å². The first-order valence-corrected chi connectivity index (χ1v) is 11.3. The Morgan fingerprint density at radius 2 is 1.53 bits per heavy atom. The molecular formula is C26H27N3O4S. The Labute approximate surface area is 204 Å². The van der Waals surface area contributed by atoms with Gasteiger partial charge < -0.3 is 9.47 Å². The third kappa shape index (κ3) is 7.90. The van der Waals surface area contributed by atoms with Crippen LogP contribution in [0.15, 0.2) is 78.9 Å². The van der Waals surface area contributed by atoms with Gasteiger partial charge >= 0.3 is 0 Å². The fraction of sp³-hybridized carbons (Fsp3) is 0.192. The predicted molar refractivity (Wildman–Crippen MR) is 135 cm³/mol. The Balaban J connectivity index is 1.42. The van der Waals surface area contributed by atoms with Gasteiger partial charge in [-0.2, -0.15) is 0 Å². The highest BCUT2D eigenvalue weighted by molar-refractivity contribution is 7.80. The molecule has 0 radical (unpaired) electrons. The van der Waals surface area contributed by atoms with E-state index in [1.54, 1.807) is 24.3 Å². The smallest absolute Gasteiger partial charge is 0.276 e. The molecule has 0 fully saturated rings. The van der Waals surface area contributed by atoms with Crippen LogP contribution in [0.1, 0.15) is 28.4 Å². The van der Waals surface area contributed by atoms with Gasteiger partial charge in [-0.1, -0.05) is 61.5 Å². The molecular weight excluding hydrogens is 450 g/mol. The van der Waals surface area contributed by atoms with Crippen molar-refractivity contribution in [1.29, 1.82) is 0 Å². The van der Waals surface area contributed by atoms with E-state index in [-0.39, 0.29) is 11.7 Å². The van der Waals surface area contributed by atoms with E-state index in [1.165, 1.54) is 5.56 Å². The number of para-hydroxylation sites is 1. The summed E-state index contributed by atoms with van der Waals surface area (Å²) >= 11 is 5.11. The van der Waals surface area contributed by atoms with E-state index >= 15 is 0 Å². The quantitative estimate of drug-likeness (QED) is 0.323. The van der Waals surface area contributed by atoms with Crippen molar-refractivity contribution in [3.05, 3.63) is 95.6 Å². The van der Waals surface area contributed by atoms with Crippen LogP contribution in [0.5, 0.6) is 11.5 Å². The highest BCUT2D eigenvalue weighted by Gasteiger charge is 2.14. The number of rotatable bonds is 9. The molecule has 0 aromatic heterocycles. The summed E-state index contributed by atoms with van der Waals surface area (Å²) in [5, 5.41) is 2.48. The van der Waals surface area contributed by atoms with E-state index in [9.17, 15) is 9.59 Å². The van der Waals surface area contributed by atoms with Crippen LogP contribution < -0.4 is 25.6 Å². The van der Waals surface area contributed by atoms with Crippen molar-refractivity contribution in [1.82, 2.24) is 16.2 Å². The summed E-state index contributed by atoms with van der Waals surface area (Å²) < 4.78 is 11.3. The van der Waals surface area contributed by atoms with Crippen LogP contribution >= 0.6 is 12.2 Å². The van der Waals surface area contributed by atoms with Crippen LogP contribution in [0.25, 0.3) is 0 Å². The minimum Gasteiger partial charge on any atom is -0.492 e. The molecule has 176 valence electrons. The average molecular weight is 478 g/mol. The Morgan fingerprint density at radius 1 is 0.824 bits per heavy atom.